The van der Waals surface area contributed by atoms with Crippen LogP contribution in [-0.2, 0) is 6.42 Å². The molecule has 1 aromatic heterocycles. The number of hydrogen-bond donors (Lipinski definition) is 1. The number of nitrogens with one attached hydrogen (secondary N) is 1. The summed E-state index contributed by atoms with van der Waals surface area (Å²) in [5.41, 5.74) is 1.40. The van der Waals surface area contributed by atoms with Crippen molar-refractivity contribution in [1.29, 1.82) is 0 Å². The lowest BCUT2D eigenvalue weighted by molar-refractivity contribution is 0.0868. The molecule has 0 atom stereocenters. The van der Waals surface area contributed by atoms with Gasteiger partial charge in [0.05, 0.1) is 11.1 Å². The fourth-order valence-corrected chi connectivity index (χ4v) is 4.19. The van der Waals surface area contributed by atoms with Crippen molar-refractivity contribution < 1.29 is 13.6 Å². The van der Waals surface area contributed by atoms with Crippen LogP contribution in [-0.4, -0.2) is 16.4 Å². The van der Waals surface area contributed by atoms with Crippen molar-refractivity contribution in [3.63, 3.8) is 0 Å². The third kappa shape index (κ3) is 4.03. The number of halogens is 2. The average Bonchev–Trinajstić information content (AvgIpc) is 2.67. The van der Waals surface area contributed by atoms with Crippen LogP contribution < -0.4 is 5.32 Å². The van der Waals surface area contributed by atoms with Crippen LogP contribution >= 0.6 is 0 Å². The second-order valence-electron chi connectivity index (χ2n) is 7.67. The minimum atomic E-state index is -0.592. The van der Waals surface area contributed by atoms with E-state index in [9.17, 15) is 13.6 Å². The highest BCUT2D eigenvalue weighted by atomic mass is 19.1. The van der Waals surface area contributed by atoms with Gasteiger partial charge < -0.3 is 5.32 Å². The molecule has 1 aliphatic rings. The van der Waals surface area contributed by atoms with E-state index in [0.29, 0.717) is 17.5 Å². The van der Waals surface area contributed by atoms with Crippen LogP contribution in [0.4, 0.5) is 8.78 Å². The van der Waals surface area contributed by atoms with Crippen molar-refractivity contribution in [3.8, 4) is 0 Å². The molecule has 1 amide bonds. The lowest BCUT2D eigenvalue weighted by Gasteiger charge is -2.38. The third-order valence-corrected chi connectivity index (χ3v) is 5.51. The average molecular weight is 380 g/mol. The quantitative estimate of drug-likeness (QED) is 0.677. The fourth-order valence-electron chi connectivity index (χ4n) is 4.19. The number of pyridine rings is 1. The first kappa shape index (κ1) is 18.5. The van der Waals surface area contributed by atoms with Gasteiger partial charge in [-0.25, -0.2) is 8.78 Å². The monoisotopic (exact) mass is 380 g/mol. The van der Waals surface area contributed by atoms with Gasteiger partial charge >= 0.3 is 0 Å². The molecule has 144 valence electrons. The Morgan fingerprint density at radius 2 is 1.71 bits per heavy atom. The molecule has 0 bridgehead atoms. The Labute approximate surface area is 162 Å². The summed E-state index contributed by atoms with van der Waals surface area (Å²) >= 11 is 0. The molecule has 1 aliphatic carbocycles. The van der Waals surface area contributed by atoms with E-state index in [0.717, 1.165) is 49.1 Å². The molecular weight excluding hydrogens is 358 g/mol. The predicted molar refractivity (Wildman–Crippen MR) is 105 cm³/mol. The number of benzene rings is 2. The van der Waals surface area contributed by atoms with Gasteiger partial charge in [-0.3, -0.25) is 9.78 Å². The Hall–Kier alpha value is -2.82. The summed E-state index contributed by atoms with van der Waals surface area (Å²) in [5, 5.41) is 4.08. The normalized spacial score (nSPS) is 16.1. The number of aromatic nitrogens is 1. The molecule has 0 radical (unpaired) electrons. The molecule has 3 nitrogen and oxygen atoms in total. The van der Waals surface area contributed by atoms with Gasteiger partial charge in [0.25, 0.3) is 5.91 Å². The molecule has 1 N–H and O–H groups in total. The Bertz CT molecular complexity index is 992. The lowest BCUT2D eigenvalue weighted by Crippen LogP contribution is -2.51. The van der Waals surface area contributed by atoms with Crippen LogP contribution in [0.15, 0.2) is 54.7 Å². The maximum Gasteiger partial charge on any atom is 0.253 e. The summed E-state index contributed by atoms with van der Waals surface area (Å²) < 4.78 is 27.3. The van der Waals surface area contributed by atoms with Gasteiger partial charge in [-0.1, -0.05) is 37.5 Å². The van der Waals surface area contributed by atoms with Crippen molar-refractivity contribution in [2.75, 3.05) is 0 Å². The molecule has 0 aliphatic heterocycles. The first-order valence-corrected chi connectivity index (χ1v) is 9.65. The van der Waals surface area contributed by atoms with Crippen LogP contribution in [0.2, 0.25) is 0 Å². The van der Waals surface area contributed by atoms with Gasteiger partial charge in [-0.2, -0.15) is 0 Å². The summed E-state index contributed by atoms with van der Waals surface area (Å²) in [6, 6.07) is 13.0. The summed E-state index contributed by atoms with van der Waals surface area (Å²) in [4.78, 5) is 17.4. The minimum absolute atomic E-state index is 0.197. The Kier molecular flexibility index (Phi) is 5.07. The summed E-state index contributed by atoms with van der Waals surface area (Å²) in [6.07, 6.45) is 6.63. The lowest BCUT2D eigenvalue weighted by atomic mass is 9.77. The molecule has 3 aromatic rings. The molecule has 1 heterocycles. The van der Waals surface area contributed by atoms with E-state index in [4.69, 9.17) is 0 Å². The van der Waals surface area contributed by atoms with Crippen molar-refractivity contribution in [1.82, 2.24) is 10.3 Å². The van der Waals surface area contributed by atoms with Crippen molar-refractivity contribution >= 4 is 16.8 Å². The van der Waals surface area contributed by atoms with E-state index >= 15 is 0 Å². The van der Waals surface area contributed by atoms with Crippen LogP contribution in [0, 0.1) is 11.6 Å². The number of fused-ring (bicyclic) bond motifs is 1. The SMILES string of the molecule is O=C(NC1(Cc2cc(F)cc(F)c2)CCCCC1)c1cnc2ccccc2c1. The standard InChI is InChI=1S/C23H22F2N2O/c24-19-10-16(11-20(25)13-19)14-23(8-4-1-5-9-23)27-22(28)18-12-17-6-2-3-7-21(17)26-15-18/h2-3,6-7,10-13,15H,1,4-5,8-9,14H2,(H,27,28). The van der Waals surface area contributed by atoms with E-state index in [1.54, 1.807) is 6.20 Å². The molecular formula is C23H22F2N2O. The second kappa shape index (κ2) is 7.66. The molecule has 1 saturated carbocycles. The summed E-state index contributed by atoms with van der Waals surface area (Å²) in [6.45, 7) is 0. The first-order chi connectivity index (χ1) is 13.5. The van der Waals surface area contributed by atoms with Crippen molar-refractivity contribution in [2.24, 2.45) is 0 Å². The van der Waals surface area contributed by atoms with Gasteiger partial charge in [0.1, 0.15) is 11.6 Å². The highest BCUT2D eigenvalue weighted by Gasteiger charge is 2.34. The van der Waals surface area contributed by atoms with Gasteiger partial charge in [0.15, 0.2) is 0 Å². The number of carbonyl (C=O) groups excluding carboxylic acids is 1. The molecule has 0 unspecified atom stereocenters. The van der Waals surface area contributed by atoms with E-state index in [1.165, 1.54) is 12.1 Å². The van der Waals surface area contributed by atoms with Crippen molar-refractivity contribution in [2.45, 2.75) is 44.1 Å². The molecule has 0 saturated heterocycles. The highest BCUT2D eigenvalue weighted by molar-refractivity contribution is 5.97. The number of carbonyl (C=O) groups is 1. The van der Waals surface area contributed by atoms with Crippen LogP contribution in [0.25, 0.3) is 10.9 Å². The first-order valence-electron chi connectivity index (χ1n) is 9.65. The molecule has 5 heteroatoms. The third-order valence-electron chi connectivity index (χ3n) is 5.51. The zero-order chi connectivity index (χ0) is 19.6. The van der Waals surface area contributed by atoms with Gasteiger partial charge in [0.2, 0.25) is 0 Å². The number of amides is 1. The number of para-hydroxylation sites is 1. The van der Waals surface area contributed by atoms with Gasteiger partial charge in [0, 0.05) is 23.2 Å². The van der Waals surface area contributed by atoms with E-state index in [1.807, 2.05) is 30.3 Å². The van der Waals surface area contributed by atoms with Crippen LogP contribution in [0.5, 0.6) is 0 Å². The molecule has 4 rings (SSSR count). The van der Waals surface area contributed by atoms with Crippen LogP contribution in [0.1, 0.15) is 48.0 Å². The largest absolute Gasteiger partial charge is 0.346 e. The number of hydrogen-bond acceptors (Lipinski definition) is 2. The van der Waals surface area contributed by atoms with Crippen molar-refractivity contribution in [3.05, 3.63) is 77.5 Å². The highest BCUT2D eigenvalue weighted by Crippen LogP contribution is 2.32. The zero-order valence-corrected chi connectivity index (χ0v) is 15.6. The fraction of sp³-hybridized carbons (Fsp3) is 0.304. The van der Waals surface area contributed by atoms with Gasteiger partial charge in [-0.05, 0) is 49.1 Å². The maximum atomic E-state index is 13.6. The predicted octanol–water partition coefficient (Wildman–Crippen LogP) is 5.19. The topological polar surface area (TPSA) is 42.0 Å². The molecule has 28 heavy (non-hydrogen) atoms. The zero-order valence-electron chi connectivity index (χ0n) is 15.6. The minimum Gasteiger partial charge on any atom is -0.346 e. The maximum absolute atomic E-state index is 13.6. The molecule has 1 fully saturated rings. The molecule has 2 aromatic carbocycles. The Morgan fingerprint density at radius 3 is 2.46 bits per heavy atom. The second-order valence-corrected chi connectivity index (χ2v) is 7.67. The Balaban J connectivity index is 1.60. The Morgan fingerprint density at radius 1 is 1.00 bits per heavy atom. The number of rotatable bonds is 4. The summed E-state index contributed by atoms with van der Waals surface area (Å²) in [5.74, 6) is -1.38. The molecule has 0 spiro atoms. The van der Waals surface area contributed by atoms with E-state index < -0.39 is 17.2 Å². The van der Waals surface area contributed by atoms with Crippen LogP contribution in [0.3, 0.4) is 0 Å². The summed E-state index contributed by atoms with van der Waals surface area (Å²) in [7, 11) is 0. The smallest absolute Gasteiger partial charge is 0.253 e. The number of nitrogens with zero attached hydrogens (tertiary/aromatic N) is 1. The van der Waals surface area contributed by atoms with E-state index in [-0.39, 0.29) is 5.91 Å². The van der Waals surface area contributed by atoms with Gasteiger partial charge in [-0.15, -0.1) is 0 Å². The van der Waals surface area contributed by atoms with E-state index in [2.05, 4.69) is 10.3 Å².